The van der Waals surface area contributed by atoms with E-state index in [0.29, 0.717) is 13.1 Å². The molecule has 36 heavy (non-hydrogen) atoms. The molecule has 0 aliphatic carbocycles. The van der Waals surface area contributed by atoms with Gasteiger partial charge in [0.2, 0.25) is 5.91 Å². The Morgan fingerprint density at radius 2 is 1.89 bits per heavy atom. The molecule has 0 unspecified atom stereocenters. The summed E-state index contributed by atoms with van der Waals surface area (Å²) < 4.78 is 15.7. The van der Waals surface area contributed by atoms with Crippen molar-refractivity contribution in [2.24, 2.45) is 0 Å². The molecule has 0 spiro atoms. The molecule has 1 saturated heterocycles. The molecule has 0 bridgehead atoms. The van der Waals surface area contributed by atoms with Crippen molar-refractivity contribution >= 4 is 29.2 Å². The fourth-order valence-corrected chi connectivity index (χ4v) is 4.70. The van der Waals surface area contributed by atoms with Crippen LogP contribution in [0.2, 0.25) is 0 Å². The third-order valence-corrected chi connectivity index (χ3v) is 6.55. The highest BCUT2D eigenvalue weighted by Gasteiger charge is 2.36. The van der Waals surface area contributed by atoms with Crippen molar-refractivity contribution in [2.75, 3.05) is 18.4 Å². The van der Waals surface area contributed by atoms with Gasteiger partial charge in [0.05, 0.1) is 18.3 Å². The summed E-state index contributed by atoms with van der Waals surface area (Å²) in [6, 6.07) is 3.77. The van der Waals surface area contributed by atoms with Gasteiger partial charge in [0, 0.05) is 25.2 Å². The van der Waals surface area contributed by atoms with Gasteiger partial charge in [-0.05, 0) is 45.2 Å². The highest BCUT2D eigenvalue weighted by Crippen LogP contribution is 2.25. The molecule has 0 atom stereocenters. The molecular weight excluding hydrogens is 469 g/mol. The van der Waals surface area contributed by atoms with Gasteiger partial charge in [-0.2, -0.15) is 9.61 Å². The second-order valence-corrected chi connectivity index (χ2v) is 9.31. The number of carbonyl (C=O) groups is 3. The topological polar surface area (TPSA) is 122 Å². The van der Waals surface area contributed by atoms with Gasteiger partial charge in [0.15, 0.2) is 5.69 Å². The minimum Gasteiger partial charge on any atom is -0.337 e. The van der Waals surface area contributed by atoms with Crippen molar-refractivity contribution in [3.63, 3.8) is 0 Å². The maximum atomic E-state index is 13.3. The predicted molar refractivity (Wildman–Crippen MR) is 127 cm³/mol. The lowest BCUT2D eigenvalue weighted by Crippen LogP contribution is -2.36. The summed E-state index contributed by atoms with van der Waals surface area (Å²) in [4.78, 5) is 59.7. The first kappa shape index (κ1) is 23.6. The first-order valence-electron chi connectivity index (χ1n) is 11.9. The first-order valence-corrected chi connectivity index (χ1v) is 11.9. The number of hydrogen-bond donors (Lipinski definition) is 1. The van der Waals surface area contributed by atoms with Crippen LogP contribution in [0.4, 0.5) is 10.2 Å². The Hall–Kier alpha value is -4.09. The molecular formula is C24H26FN7O4. The standard InChI is InChI=1S/C24H26FN7O4/c1-14(2)30-12-16-21(24(30)36)31(13-19(33)27-18-7-6-15(25)11-26-18)20-10-17(28-32(20)22(16)34)23(35)29-8-4-3-5-9-29/h6-7,10-11,14H,3-5,8-9,12-13H2,1-2H3,(H,26,27,33). The van der Waals surface area contributed by atoms with E-state index < -0.39 is 17.3 Å². The number of aromatic nitrogens is 4. The lowest BCUT2D eigenvalue weighted by atomic mass is 10.1. The lowest BCUT2D eigenvalue weighted by Gasteiger charge is -2.25. The average molecular weight is 496 g/mol. The quantitative estimate of drug-likeness (QED) is 0.575. The number of nitrogens with one attached hydrogen (secondary N) is 1. The molecule has 0 aromatic carbocycles. The van der Waals surface area contributed by atoms with Crippen LogP contribution in [0.15, 0.2) is 29.2 Å². The second-order valence-electron chi connectivity index (χ2n) is 9.31. The number of halogens is 1. The number of rotatable bonds is 5. The number of hydrogen-bond acceptors (Lipinski definition) is 6. The zero-order chi connectivity index (χ0) is 25.6. The second kappa shape index (κ2) is 9.17. The first-order chi connectivity index (χ1) is 17.2. The van der Waals surface area contributed by atoms with Crippen molar-refractivity contribution < 1.29 is 18.8 Å². The van der Waals surface area contributed by atoms with Crippen LogP contribution in [0.25, 0.3) is 5.65 Å². The summed E-state index contributed by atoms with van der Waals surface area (Å²) >= 11 is 0. The van der Waals surface area contributed by atoms with E-state index in [1.54, 1.807) is 9.80 Å². The van der Waals surface area contributed by atoms with Crippen LogP contribution in [-0.2, 0) is 17.9 Å². The number of piperidine rings is 1. The number of pyridine rings is 1. The van der Waals surface area contributed by atoms with Crippen LogP contribution < -0.4 is 10.9 Å². The van der Waals surface area contributed by atoms with Gasteiger partial charge >= 0.3 is 0 Å². The Kier molecular flexibility index (Phi) is 6.02. The number of likely N-dealkylation sites (tertiary alicyclic amines) is 1. The number of nitrogens with zero attached hydrogens (tertiary/aromatic N) is 6. The van der Waals surface area contributed by atoms with Gasteiger partial charge in [0.25, 0.3) is 17.4 Å². The van der Waals surface area contributed by atoms with Crippen molar-refractivity contribution in [2.45, 2.75) is 52.2 Å². The van der Waals surface area contributed by atoms with Crippen molar-refractivity contribution in [1.82, 2.24) is 29.0 Å². The summed E-state index contributed by atoms with van der Waals surface area (Å²) in [6.07, 6.45) is 3.83. The zero-order valence-corrected chi connectivity index (χ0v) is 20.0. The van der Waals surface area contributed by atoms with E-state index >= 15 is 0 Å². The molecule has 1 N–H and O–H groups in total. The summed E-state index contributed by atoms with van der Waals surface area (Å²) in [5.41, 5.74) is 0.0702. The lowest BCUT2D eigenvalue weighted by molar-refractivity contribution is -0.116. The van der Waals surface area contributed by atoms with Crippen molar-refractivity contribution in [3.8, 4) is 0 Å². The SMILES string of the molecule is CC(C)N1Cc2c(n(CC(=O)Nc3ccc(F)cn3)c3cc(C(=O)N4CCCCC4)nn3c2=O)C1=O. The van der Waals surface area contributed by atoms with Gasteiger partial charge in [-0.25, -0.2) is 9.37 Å². The Balaban J connectivity index is 1.58. The van der Waals surface area contributed by atoms with Gasteiger partial charge in [-0.1, -0.05) is 0 Å². The van der Waals surface area contributed by atoms with E-state index in [1.807, 2.05) is 13.8 Å². The van der Waals surface area contributed by atoms with Gasteiger partial charge < -0.3 is 19.7 Å². The molecule has 2 aliphatic heterocycles. The van der Waals surface area contributed by atoms with Crippen LogP contribution in [0.5, 0.6) is 0 Å². The zero-order valence-electron chi connectivity index (χ0n) is 20.0. The van der Waals surface area contributed by atoms with Gasteiger partial charge in [0.1, 0.15) is 29.5 Å². The fourth-order valence-electron chi connectivity index (χ4n) is 4.70. The molecule has 1 fully saturated rings. The molecule has 0 radical (unpaired) electrons. The minimum atomic E-state index is -0.544. The Bertz CT molecular complexity index is 1420. The molecule has 3 aromatic heterocycles. The van der Waals surface area contributed by atoms with Crippen LogP contribution in [0.1, 0.15) is 59.7 Å². The Morgan fingerprint density at radius 1 is 1.14 bits per heavy atom. The maximum Gasteiger partial charge on any atom is 0.280 e. The number of anilines is 1. The van der Waals surface area contributed by atoms with Crippen LogP contribution in [0, 0.1) is 5.82 Å². The molecule has 0 saturated carbocycles. The van der Waals surface area contributed by atoms with Crippen LogP contribution in [0.3, 0.4) is 0 Å². The normalized spacial score (nSPS) is 15.6. The summed E-state index contributed by atoms with van der Waals surface area (Å²) in [6.45, 7) is 4.64. The maximum absolute atomic E-state index is 13.3. The number of fused-ring (bicyclic) bond motifs is 2. The highest BCUT2D eigenvalue weighted by molar-refractivity contribution is 5.99. The van der Waals surface area contributed by atoms with Gasteiger partial charge in [-0.15, -0.1) is 0 Å². The van der Waals surface area contributed by atoms with E-state index in [-0.39, 0.29) is 59.4 Å². The predicted octanol–water partition coefficient (Wildman–Crippen LogP) is 1.66. The van der Waals surface area contributed by atoms with E-state index in [9.17, 15) is 23.6 Å². The summed E-state index contributed by atoms with van der Waals surface area (Å²) in [5, 5.41) is 6.87. The largest absolute Gasteiger partial charge is 0.337 e. The van der Waals surface area contributed by atoms with E-state index in [2.05, 4.69) is 15.4 Å². The van der Waals surface area contributed by atoms with Gasteiger partial charge in [-0.3, -0.25) is 19.2 Å². The highest BCUT2D eigenvalue weighted by atomic mass is 19.1. The molecule has 2 aliphatic rings. The smallest absolute Gasteiger partial charge is 0.280 e. The van der Waals surface area contributed by atoms with E-state index in [4.69, 9.17) is 0 Å². The Labute approximate surface area is 205 Å². The summed E-state index contributed by atoms with van der Waals surface area (Å²) in [7, 11) is 0. The Morgan fingerprint density at radius 3 is 2.56 bits per heavy atom. The minimum absolute atomic E-state index is 0.0804. The summed E-state index contributed by atoms with van der Waals surface area (Å²) in [5.74, 6) is -1.61. The molecule has 12 heteroatoms. The monoisotopic (exact) mass is 495 g/mol. The van der Waals surface area contributed by atoms with E-state index in [1.165, 1.54) is 16.7 Å². The van der Waals surface area contributed by atoms with Crippen LogP contribution in [-0.4, -0.2) is 65.8 Å². The van der Waals surface area contributed by atoms with Crippen molar-refractivity contribution in [3.05, 3.63) is 57.5 Å². The molecule has 188 valence electrons. The molecule has 5 heterocycles. The fraction of sp³-hybridized carbons (Fsp3) is 0.417. The number of amides is 3. The average Bonchev–Trinajstić information content (AvgIpc) is 3.46. The van der Waals surface area contributed by atoms with Crippen molar-refractivity contribution in [1.29, 1.82) is 0 Å². The third-order valence-electron chi connectivity index (χ3n) is 6.55. The molecule has 5 rings (SSSR count). The molecule has 11 nitrogen and oxygen atoms in total. The number of carbonyl (C=O) groups excluding carboxylic acids is 3. The van der Waals surface area contributed by atoms with E-state index in [0.717, 1.165) is 36.0 Å². The molecule has 3 aromatic rings. The third kappa shape index (κ3) is 4.12. The molecule has 3 amide bonds. The van der Waals surface area contributed by atoms with Crippen LogP contribution >= 0.6 is 0 Å².